The molecule has 1 saturated heterocycles. The van der Waals surface area contributed by atoms with Crippen molar-refractivity contribution in [3.05, 3.63) is 16.3 Å². The van der Waals surface area contributed by atoms with Crippen LogP contribution in [0.3, 0.4) is 0 Å². The van der Waals surface area contributed by atoms with Crippen LogP contribution in [0.5, 0.6) is 0 Å². The van der Waals surface area contributed by atoms with Crippen molar-refractivity contribution in [2.24, 2.45) is 5.92 Å². The van der Waals surface area contributed by atoms with E-state index in [4.69, 9.17) is 0 Å². The molecule has 1 N–H and O–H groups in total. The predicted molar refractivity (Wildman–Crippen MR) is 81.3 cm³/mol. The normalized spacial score (nSPS) is 26.8. The lowest BCUT2D eigenvalue weighted by Crippen LogP contribution is -2.37. The molecule has 0 aromatic carbocycles. The Morgan fingerprint density at radius 3 is 2.85 bits per heavy atom. The SMILES string of the molecule is CC(C)NCc1cc(S(=O)(=O)N2CC3CCC2C3)cs1. The third-order valence-electron chi connectivity index (χ3n) is 4.28. The molecule has 112 valence electrons. The van der Waals surface area contributed by atoms with Crippen molar-refractivity contribution in [2.45, 2.75) is 56.6 Å². The van der Waals surface area contributed by atoms with Gasteiger partial charge in [0.2, 0.25) is 10.0 Å². The summed E-state index contributed by atoms with van der Waals surface area (Å²) in [6.45, 7) is 5.64. The number of nitrogens with one attached hydrogen (secondary N) is 1. The first-order valence-corrected chi connectivity index (χ1v) is 9.61. The van der Waals surface area contributed by atoms with E-state index in [0.717, 1.165) is 30.8 Å². The van der Waals surface area contributed by atoms with Crippen LogP contribution in [-0.4, -0.2) is 31.4 Å². The summed E-state index contributed by atoms with van der Waals surface area (Å²) in [6.07, 6.45) is 3.30. The molecular weight excluding hydrogens is 292 g/mol. The number of fused-ring (bicyclic) bond motifs is 2. The van der Waals surface area contributed by atoms with Gasteiger partial charge in [-0.3, -0.25) is 0 Å². The molecular formula is C14H22N2O2S2. The highest BCUT2D eigenvalue weighted by Crippen LogP contribution is 2.40. The van der Waals surface area contributed by atoms with Crippen LogP contribution >= 0.6 is 11.3 Å². The molecule has 2 unspecified atom stereocenters. The summed E-state index contributed by atoms with van der Waals surface area (Å²) in [7, 11) is -3.27. The van der Waals surface area contributed by atoms with Crippen LogP contribution < -0.4 is 5.32 Å². The Bertz CT molecular complexity index is 580. The number of thiophene rings is 1. The zero-order chi connectivity index (χ0) is 14.3. The van der Waals surface area contributed by atoms with E-state index in [9.17, 15) is 8.42 Å². The highest BCUT2D eigenvalue weighted by atomic mass is 32.2. The van der Waals surface area contributed by atoms with Gasteiger partial charge in [-0.1, -0.05) is 13.8 Å². The predicted octanol–water partition coefficient (Wildman–Crippen LogP) is 2.42. The molecule has 2 atom stereocenters. The molecule has 1 aromatic heterocycles. The second-order valence-corrected chi connectivity index (χ2v) is 9.08. The first kappa shape index (κ1) is 14.5. The van der Waals surface area contributed by atoms with E-state index in [0.29, 0.717) is 16.9 Å². The molecule has 2 heterocycles. The summed E-state index contributed by atoms with van der Waals surface area (Å²) in [5.41, 5.74) is 0. The number of piperidine rings is 1. The molecule has 0 amide bonds. The largest absolute Gasteiger partial charge is 0.310 e. The van der Waals surface area contributed by atoms with Crippen molar-refractivity contribution in [3.63, 3.8) is 0 Å². The smallest absolute Gasteiger partial charge is 0.244 e. The molecule has 2 aliphatic rings. The van der Waals surface area contributed by atoms with E-state index in [1.54, 1.807) is 9.69 Å². The van der Waals surface area contributed by atoms with Gasteiger partial charge in [0.25, 0.3) is 0 Å². The Balaban J connectivity index is 1.75. The fourth-order valence-electron chi connectivity index (χ4n) is 3.20. The van der Waals surface area contributed by atoms with Gasteiger partial charge in [-0.15, -0.1) is 11.3 Å². The Labute approximate surface area is 125 Å². The lowest BCUT2D eigenvalue weighted by atomic mass is 10.1. The molecule has 4 nitrogen and oxygen atoms in total. The Hall–Kier alpha value is -0.430. The molecule has 1 saturated carbocycles. The lowest BCUT2D eigenvalue weighted by molar-refractivity contribution is 0.333. The first-order valence-electron chi connectivity index (χ1n) is 7.29. The Morgan fingerprint density at radius 1 is 1.45 bits per heavy atom. The second-order valence-electron chi connectivity index (χ2n) is 6.19. The first-order chi connectivity index (χ1) is 9.46. The van der Waals surface area contributed by atoms with E-state index in [1.807, 2.05) is 6.07 Å². The topological polar surface area (TPSA) is 49.4 Å². The van der Waals surface area contributed by atoms with Crippen LogP contribution in [0.2, 0.25) is 0 Å². The molecule has 20 heavy (non-hydrogen) atoms. The summed E-state index contributed by atoms with van der Waals surface area (Å²) >= 11 is 1.53. The standard InChI is InChI=1S/C14H22N2O2S2/c1-10(2)15-7-13-6-14(9-19-13)20(17,18)16-8-11-3-4-12(16)5-11/h6,9-12,15H,3-5,7-8H2,1-2H3. The summed E-state index contributed by atoms with van der Waals surface area (Å²) in [5.74, 6) is 0.593. The Morgan fingerprint density at radius 2 is 2.25 bits per heavy atom. The molecule has 1 aliphatic heterocycles. The molecule has 1 aliphatic carbocycles. The average molecular weight is 314 g/mol. The van der Waals surface area contributed by atoms with Crippen LogP contribution in [0.1, 0.15) is 38.0 Å². The molecule has 2 fully saturated rings. The molecule has 2 bridgehead atoms. The van der Waals surface area contributed by atoms with E-state index >= 15 is 0 Å². The average Bonchev–Trinajstić information content (AvgIpc) is 3.12. The van der Waals surface area contributed by atoms with Crippen LogP contribution in [0.25, 0.3) is 0 Å². The van der Waals surface area contributed by atoms with E-state index in [-0.39, 0.29) is 6.04 Å². The minimum Gasteiger partial charge on any atom is -0.310 e. The molecule has 6 heteroatoms. The minimum absolute atomic E-state index is 0.252. The van der Waals surface area contributed by atoms with Gasteiger partial charge < -0.3 is 5.32 Å². The molecule has 0 spiro atoms. The quantitative estimate of drug-likeness (QED) is 0.908. The molecule has 0 radical (unpaired) electrons. The summed E-state index contributed by atoms with van der Waals surface area (Å²) < 4.78 is 27.1. The van der Waals surface area contributed by atoms with E-state index < -0.39 is 10.0 Å². The fourth-order valence-corrected chi connectivity index (χ4v) is 6.16. The number of nitrogens with zero attached hydrogens (tertiary/aromatic N) is 1. The van der Waals surface area contributed by atoms with Gasteiger partial charge in [-0.05, 0) is 31.2 Å². The summed E-state index contributed by atoms with van der Waals surface area (Å²) in [5, 5.41) is 5.12. The minimum atomic E-state index is -3.27. The van der Waals surface area contributed by atoms with Crippen LogP contribution in [0.4, 0.5) is 0 Å². The summed E-state index contributed by atoms with van der Waals surface area (Å²) in [4.78, 5) is 1.57. The van der Waals surface area contributed by atoms with E-state index in [2.05, 4.69) is 19.2 Å². The monoisotopic (exact) mass is 314 g/mol. The number of hydrogen-bond acceptors (Lipinski definition) is 4. The number of hydrogen-bond donors (Lipinski definition) is 1. The maximum absolute atomic E-state index is 12.7. The highest BCUT2D eigenvalue weighted by Gasteiger charge is 2.44. The van der Waals surface area contributed by atoms with Gasteiger partial charge in [0.15, 0.2) is 0 Å². The van der Waals surface area contributed by atoms with Crippen LogP contribution in [-0.2, 0) is 16.6 Å². The zero-order valence-corrected chi connectivity index (χ0v) is 13.6. The van der Waals surface area contributed by atoms with Crippen molar-refractivity contribution in [3.8, 4) is 0 Å². The van der Waals surface area contributed by atoms with E-state index in [1.165, 1.54) is 17.8 Å². The second kappa shape index (κ2) is 5.40. The summed E-state index contributed by atoms with van der Waals surface area (Å²) in [6, 6.07) is 2.50. The van der Waals surface area contributed by atoms with Crippen molar-refractivity contribution in [1.82, 2.24) is 9.62 Å². The van der Waals surface area contributed by atoms with Crippen molar-refractivity contribution in [1.29, 1.82) is 0 Å². The van der Waals surface area contributed by atoms with Gasteiger partial charge in [0.1, 0.15) is 0 Å². The van der Waals surface area contributed by atoms with Crippen LogP contribution in [0.15, 0.2) is 16.3 Å². The third kappa shape index (κ3) is 2.66. The van der Waals surface area contributed by atoms with Gasteiger partial charge in [0, 0.05) is 35.4 Å². The van der Waals surface area contributed by atoms with Gasteiger partial charge in [-0.25, -0.2) is 8.42 Å². The van der Waals surface area contributed by atoms with Crippen LogP contribution in [0, 0.1) is 5.92 Å². The van der Waals surface area contributed by atoms with Gasteiger partial charge in [-0.2, -0.15) is 4.31 Å². The maximum Gasteiger partial charge on any atom is 0.244 e. The molecule has 3 rings (SSSR count). The lowest BCUT2D eigenvalue weighted by Gasteiger charge is -2.25. The molecule has 1 aromatic rings. The Kier molecular flexibility index (Phi) is 3.92. The van der Waals surface area contributed by atoms with Crippen molar-refractivity contribution >= 4 is 21.4 Å². The van der Waals surface area contributed by atoms with Gasteiger partial charge >= 0.3 is 0 Å². The maximum atomic E-state index is 12.7. The zero-order valence-electron chi connectivity index (χ0n) is 12.0. The number of sulfonamides is 1. The van der Waals surface area contributed by atoms with Crippen molar-refractivity contribution in [2.75, 3.05) is 6.54 Å². The fraction of sp³-hybridized carbons (Fsp3) is 0.714. The third-order valence-corrected chi connectivity index (χ3v) is 7.26. The highest BCUT2D eigenvalue weighted by molar-refractivity contribution is 7.89. The van der Waals surface area contributed by atoms with Gasteiger partial charge in [0.05, 0.1) is 4.90 Å². The van der Waals surface area contributed by atoms with Crippen molar-refractivity contribution < 1.29 is 8.42 Å². The number of rotatable bonds is 5.